The Labute approximate surface area is 120 Å². The summed E-state index contributed by atoms with van der Waals surface area (Å²) in [5, 5.41) is 7.60. The maximum absolute atomic E-state index is 3.87. The second-order valence-electron chi connectivity index (χ2n) is 6.83. The lowest BCUT2D eigenvalue weighted by Gasteiger charge is -2.24. The lowest BCUT2D eigenvalue weighted by atomic mass is 9.85. The van der Waals surface area contributed by atoms with Gasteiger partial charge in [-0.05, 0) is 44.1 Å². The van der Waals surface area contributed by atoms with Gasteiger partial charge in [0.25, 0.3) is 0 Å². The van der Waals surface area contributed by atoms with E-state index in [4.69, 9.17) is 0 Å². The van der Waals surface area contributed by atoms with Gasteiger partial charge in [0.2, 0.25) is 0 Å². The monoisotopic (exact) mass is 266 g/mol. The van der Waals surface area contributed by atoms with E-state index >= 15 is 0 Å². The van der Waals surface area contributed by atoms with Crippen molar-refractivity contribution in [2.75, 3.05) is 13.1 Å². The van der Waals surface area contributed by atoms with Crippen LogP contribution in [0.1, 0.15) is 71.6 Å². The van der Waals surface area contributed by atoms with Crippen molar-refractivity contribution in [3.63, 3.8) is 0 Å². The summed E-state index contributed by atoms with van der Waals surface area (Å²) < 4.78 is 0. The van der Waals surface area contributed by atoms with Gasteiger partial charge in [-0.25, -0.2) is 0 Å². The van der Waals surface area contributed by atoms with Crippen LogP contribution in [0, 0.1) is 11.8 Å². The van der Waals surface area contributed by atoms with E-state index in [1.807, 2.05) is 0 Å². The summed E-state index contributed by atoms with van der Waals surface area (Å²) >= 11 is 0. The molecule has 2 fully saturated rings. The molecule has 112 valence electrons. The fourth-order valence-corrected chi connectivity index (χ4v) is 3.99. The summed E-state index contributed by atoms with van der Waals surface area (Å²) in [6, 6.07) is 1.60. The third-order valence-electron chi connectivity index (χ3n) is 5.31. The fraction of sp³-hybridized carbons (Fsp3) is 1.00. The Kier molecular flexibility index (Phi) is 6.66. The van der Waals surface area contributed by atoms with Crippen LogP contribution in [0.2, 0.25) is 0 Å². The highest BCUT2D eigenvalue weighted by atomic mass is 15.0. The van der Waals surface area contributed by atoms with E-state index in [2.05, 4.69) is 24.5 Å². The van der Waals surface area contributed by atoms with E-state index < -0.39 is 0 Å². The zero-order valence-corrected chi connectivity index (χ0v) is 13.1. The van der Waals surface area contributed by atoms with Gasteiger partial charge < -0.3 is 10.6 Å². The zero-order chi connectivity index (χ0) is 13.5. The van der Waals surface area contributed by atoms with Crippen molar-refractivity contribution in [3.05, 3.63) is 0 Å². The van der Waals surface area contributed by atoms with Crippen LogP contribution in [0.3, 0.4) is 0 Å². The first-order chi connectivity index (χ1) is 9.33. The van der Waals surface area contributed by atoms with Crippen molar-refractivity contribution in [3.8, 4) is 0 Å². The highest BCUT2D eigenvalue weighted by Crippen LogP contribution is 2.32. The van der Waals surface area contributed by atoms with Crippen molar-refractivity contribution in [1.82, 2.24) is 10.6 Å². The smallest absolute Gasteiger partial charge is 0.0198 e. The van der Waals surface area contributed by atoms with Crippen molar-refractivity contribution in [2.24, 2.45) is 11.8 Å². The van der Waals surface area contributed by atoms with Gasteiger partial charge in [-0.3, -0.25) is 0 Å². The summed E-state index contributed by atoms with van der Waals surface area (Å²) in [7, 11) is 0. The van der Waals surface area contributed by atoms with E-state index in [1.54, 1.807) is 0 Å². The Morgan fingerprint density at radius 1 is 1.21 bits per heavy atom. The average molecular weight is 266 g/mol. The van der Waals surface area contributed by atoms with Gasteiger partial charge in [-0.1, -0.05) is 46.0 Å². The third-order valence-corrected chi connectivity index (χ3v) is 5.31. The third kappa shape index (κ3) is 4.75. The topological polar surface area (TPSA) is 24.1 Å². The van der Waals surface area contributed by atoms with Gasteiger partial charge >= 0.3 is 0 Å². The Balaban J connectivity index is 1.60. The number of hydrogen-bond donors (Lipinski definition) is 2. The molecule has 1 saturated carbocycles. The minimum atomic E-state index is 0.747. The lowest BCUT2D eigenvalue weighted by molar-refractivity contribution is 0.325. The first kappa shape index (κ1) is 15.3. The lowest BCUT2D eigenvalue weighted by Crippen LogP contribution is -2.39. The summed E-state index contributed by atoms with van der Waals surface area (Å²) in [4.78, 5) is 0. The molecule has 19 heavy (non-hydrogen) atoms. The van der Waals surface area contributed by atoms with Crippen LogP contribution in [0.4, 0.5) is 0 Å². The summed E-state index contributed by atoms with van der Waals surface area (Å²) in [5.74, 6) is 1.88. The predicted molar refractivity (Wildman–Crippen MR) is 83.5 cm³/mol. The van der Waals surface area contributed by atoms with Crippen LogP contribution in [0.25, 0.3) is 0 Å². The molecule has 0 spiro atoms. The van der Waals surface area contributed by atoms with E-state index in [0.717, 1.165) is 23.9 Å². The van der Waals surface area contributed by atoms with Crippen molar-refractivity contribution < 1.29 is 0 Å². The van der Waals surface area contributed by atoms with Crippen LogP contribution in [0.15, 0.2) is 0 Å². The standard InChI is InChI=1S/C17H34N2/c1-3-5-8-14(4-2)12-18-13-16-11-15-9-6-7-10-17(15)19-16/h14-19H,3-13H2,1-2H3. The van der Waals surface area contributed by atoms with Gasteiger partial charge in [0.15, 0.2) is 0 Å². The van der Waals surface area contributed by atoms with Crippen LogP contribution in [-0.2, 0) is 0 Å². The minimum absolute atomic E-state index is 0.747. The number of hydrogen-bond acceptors (Lipinski definition) is 2. The molecule has 2 heteroatoms. The van der Waals surface area contributed by atoms with Crippen LogP contribution >= 0.6 is 0 Å². The second kappa shape index (κ2) is 8.26. The molecule has 2 rings (SSSR count). The van der Waals surface area contributed by atoms with E-state index in [-0.39, 0.29) is 0 Å². The van der Waals surface area contributed by atoms with E-state index in [0.29, 0.717) is 0 Å². The molecule has 0 radical (unpaired) electrons. The maximum Gasteiger partial charge on any atom is 0.0198 e. The fourth-order valence-electron chi connectivity index (χ4n) is 3.99. The molecule has 4 atom stereocenters. The molecular formula is C17H34N2. The maximum atomic E-state index is 3.87. The Morgan fingerprint density at radius 3 is 2.79 bits per heavy atom. The van der Waals surface area contributed by atoms with Gasteiger partial charge in [-0.2, -0.15) is 0 Å². The molecular weight excluding hydrogens is 232 g/mol. The van der Waals surface area contributed by atoms with Crippen molar-refractivity contribution in [1.29, 1.82) is 0 Å². The molecule has 0 aromatic rings. The van der Waals surface area contributed by atoms with Gasteiger partial charge in [0, 0.05) is 18.6 Å². The molecule has 0 aromatic carbocycles. The first-order valence-electron chi connectivity index (χ1n) is 8.80. The molecule has 1 aliphatic carbocycles. The second-order valence-corrected chi connectivity index (χ2v) is 6.83. The molecule has 1 heterocycles. The number of unbranched alkanes of at least 4 members (excludes halogenated alkanes) is 1. The largest absolute Gasteiger partial charge is 0.315 e. The highest BCUT2D eigenvalue weighted by molar-refractivity contribution is 4.93. The molecule has 2 N–H and O–H groups in total. The number of fused-ring (bicyclic) bond motifs is 1. The molecule has 2 aliphatic rings. The predicted octanol–water partition coefficient (Wildman–Crippen LogP) is 3.71. The van der Waals surface area contributed by atoms with E-state index in [9.17, 15) is 0 Å². The highest BCUT2D eigenvalue weighted by Gasteiger charge is 2.34. The van der Waals surface area contributed by atoms with Gasteiger partial charge in [0.1, 0.15) is 0 Å². The van der Waals surface area contributed by atoms with Crippen molar-refractivity contribution in [2.45, 2.75) is 83.7 Å². The first-order valence-corrected chi connectivity index (χ1v) is 8.80. The molecule has 1 aliphatic heterocycles. The Morgan fingerprint density at radius 2 is 2.05 bits per heavy atom. The number of nitrogens with one attached hydrogen (secondary N) is 2. The molecule has 1 saturated heterocycles. The van der Waals surface area contributed by atoms with Crippen LogP contribution in [-0.4, -0.2) is 25.2 Å². The van der Waals surface area contributed by atoms with Gasteiger partial charge in [-0.15, -0.1) is 0 Å². The van der Waals surface area contributed by atoms with Crippen molar-refractivity contribution >= 4 is 0 Å². The zero-order valence-electron chi connectivity index (χ0n) is 13.1. The molecule has 0 amide bonds. The Bertz CT molecular complexity index is 227. The molecule has 2 nitrogen and oxygen atoms in total. The SMILES string of the molecule is CCCCC(CC)CNCC1CC2CCCCC2N1. The molecule has 0 bridgehead atoms. The normalized spacial score (nSPS) is 32.2. The Hall–Kier alpha value is -0.0800. The summed E-state index contributed by atoms with van der Waals surface area (Å²) in [5.41, 5.74) is 0. The van der Waals surface area contributed by atoms with Gasteiger partial charge in [0.05, 0.1) is 0 Å². The molecule has 0 aromatic heterocycles. The minimum Gasteiger partial charge on any atom is -0.315 e. The summed E-state index contributed by atoms with van der Waals surface area (Å²) in [6.07, 6.45) is 12.7. The van der Waals surface area contributed by atoms with Crippen LogP contribution in [0.5, 0.6) is 0 Å². The molecule has 4 unspecified atom stereocenters. The quantitative estimate of drug-likeness (QED) is 0.700. The van der Waals surface area contributed by atoms with Crippen LogP contribution < -0.4 is 10.6 Å². The van der Waals surface area contributed by atoms with E-state index in [1.165, 1.54) is 70.9 Å². The summed E-state index contributed by atoms with van der Waals surface area (Å²) in [6.45, 7) is 7.05. The average Bonchev–Trinajstić information content (AvgIpc) is 2.85. The number of rotatable bonds is 8.